The number of benzene rings is 1. The molecule has 3 rings (SSSR count). The van der Waals surface area contributed by atoms with E-state index in [1.54, 1.807) is 0 Å². The van der Waals surface area contributed by atoms with Crippen LogP contribution in [0, 0.1) is 11.8 Å². The molecule has 0 bridgehead atoms. The summed E-state index contributed by atoms with van der Waals surface area (Å²) in [6.07, 6.45) is 4.30. The highest BCUT2D eigenvalue weighted by molar-refractivity contribution is 6.11. The van der Waals surface area contributed by atoms with E-state index in [2.05, 4.69) is 4.98 Å². The average molecular weight is 271 g/mol. The van der Waals surface area contributed by atoms with Crippen LogP contribution in [0.25, 0.3) is 10.9 Å². The number of hydrogen-bond acceptors (Lipinski definition) is 2. The van der Waals surface area contributed by atoms with Gasteiger partial charge in [0, 0.05) is 23.2 Å². The molecule has 0 saturated heterocycles. The maximum Gasteiger partial charge on any atom is 0.168 e. The van der Waals surface area contributed by atoms with Gasteiger partial charge in [-0.3, -0.25) is 4.79 Å². The number of ether oxygens (including phenoxy) is 1. The van der Waals surface area contributed by atoms with Crippen molar-refractivity contribution in [3.05, 3.63) is 30.0 Å². The number of aromatic amines is 1. The fourth-order valence-electron chi connectivity index (χ4n) is 2.75. The van der Waals surface area contributed by atoms with Gasteiger partial charge in [0.15, 0.2) is 5.78 Å². The molecule has 20 heavy (non-hydrogen) atoms. The molecule has 3 heteroatoms. The highest BCUT2D eigenvalue weighted by Crippen LogP contribution is 2.40. The minimum atomic E-state index is 0.0966. The molecule has 0 amide bonds. The zero-order chi connectivity index (χ0) is 14.3. The van der Waals surface area contributed by atoms with Crippen molar-refractivity contribution in [1.29, 1.82) is 0 Å². The Morgan fingerprint density at radius 1 is 1.30 bits per heavy atom. The molecule has 0 radical (unpaired) electrons. The van der Waals surface area contributed by atoms with Gasteiger partial charge in [0.05, 0.1) is 11.5 Å². The third-order valence-corrected chi connectivity index (χ3v) is 4.04. The second-order valence-corrected chi connectivity index (χ2v) is 6.04. The van der Waals surface area contributed by atoms with Crippen molar-refractivity contribution >= 4 is 16.7 Å². The van der Waals surface area contributed by atoms with Gasteiger partial charge in [-0.1, -0.05) is 13.0 Å². The number of carbonyl (C=O) groups is 1. The lowest BCUT2D eigenvalue weighted by atomic mass is 9.94. The van der Waals surface area contributed by atoms with E-state index in [1.807, 2.05) is 45.2 Å². The van der Waals surface area contributed by atoms with Crippen LogP contribution >= 0.6 is 0 Å². The van der Waals surface area contributed by atoms with E-state index in [0.717, 1.165) is 22.2 Å². The van der Waals surface area contributed by atoms with Crippen molar-refractivity contribution in [3.63, 3.8) is 0 Å². The zero-order valence-corrected chi connectivity index (χ0v) is 12.3. The first-order valence-electron chi connectivity index (χ1n) is 7.39. The molecule has 3 nitrogen and oxygen atoms in total. The van der Waals surface area contributed by atoms with Crippen LogP contribution in [0.2, 0.25) is 0 Å². The summed E-state index contributed by atoms with van der Waals surface area (Å²) in [5.41, 5.74) is 1.74. The van der Waals surface area contributed by atoms with Gasteiger partial charge in [-0.25, -0.2) is 0 Å². The molecule has 1 aromatic heterocycles. The van der Waals surface area contributed by atoms with Gasteiger partial charge in [0.2, 0.25) is 0 Å². The molecular weight excluding hydrogens is 250 g/mol. The van der Waals surface area contributed by atoms with Crippen LogP contribution in [0.1, 0.15) is 44.0 Å². The van der Waals surface area contributed by atoms with Gasteiger partial charge in [0.1, 0.15) is 5.75 Å². The Balaban J connectivity index is 2.04. The first kappa shape index (κ1) is 13.2. The predicted octanol–water partition coefficient (Wildman–Crippen LogP) is 4.18. The Morgan fingerprint density at radius 3 is 2.70 bits per heavy atom. The summed E-state index contributed by atoms with van der Waals surface area (Å²) in [6.45, 7) is 6.05. The summed E-state index contributed by atoms with van der Waals surface area (Å²) in [6, 6.07) is 5.88. The lowest BCUT2D eigenvalue weighted by molar-refractivity contribution is 0.0917. The number of aromatic nitrogens is 1. The van der Waals surface area contributed by atoms with Crippen LogP contribution in [0.4, 0.5) is 0 Å². The van der Waals surface area contributed by atoms with Gasteiger partial charge < -0.3 is 9.72 Å². The van der Waals surface area contributed by atoms with Crippen molar-refractivity contribution in [1.82, 2.24) is 4.98 Å². The van der Waals surface area contributed by atoms with Crippen molar-refractivity contribution < 1.29 is 9.53 Å². The number of rotatable bonds is 5. The van der Waals surface area contributed by atoms with Crippen molar-refractivity contribution in [2.75, 3.05) is 0 Å². The molecule has 0 aliphatic heterocycles. The van der Waals surface area contributed by atoms with E-state index >= 15 is 0 Å². The number of ketones is 1. The number of hydrogen-bond donors (Lipinski definition) is 1. The van der Waals surface area contributed by atoms with E-state index in [-0.39, 0.29) is 17.8 Å². The van der Waals surface area contributed by atoms with E-state index in [1.165, 1.54) is 12.8 Å². The Bertz CT molecular complexity index is 637. The molecule has 1 aliphatic carbocycles. The van der Waals surface area contributed by atoms with E-state index in [0.29, 0.717) is 5.92 Å². The Kier molecular flexibility index (Phi) is 3.28. The molecule has 1 heterocycles. The molecular formula is C17H21NO2. The first-order chi connectivity index (χ1) is 9.58. The summed E-state index contributed by atoms with van der Waals surface area (Å²) < 4.78 is 5.86. The molecule has 1 atom stereocenters. The van der Waals surface area contributed by atoms with Crippen LogP contribution in [0.5, 0.6) is 5.75 Å². The third kappa shape index (κ3) is 2.33. The smallest absolute Gasteiger partial charge is 0.168 e. The monoisotopic (exact) mass is 271 g/mol. The van der Waals surface area contributed by atoms with E-state index in [4.69, 9.17) is 4.74 Å². The fraction of sp³-hybridized carbons (Fsp3) is 0.471. The topological polar surface area (TPSA) is 42.1 Å². The summed E-state index contributed by atoms with van der Waals surface area (Å²) in [5.74, 6) is 1.72. The van der Waals surface area contributed by atoms with Crippen molar-refractivity contribution in [2.45, 2.75) is 39.7 Å². The maximum absolute atomic E-state index is 12.7. The minimum Gasteiger partial charge on any atom is -0.490 e. The van der Waals surface area contributed by atoms with Gasteiger partial charge >= 0.3 is 0 Å². The largest absolute Gasteiger partial charge is 0.490 e. The van der Waals surface area contributed by atoms with Gasteiger partial charge in [0.25, 0.3) is 0 Å². The molecule has 106 valence electrons. The lowest BCUT2D eigenvalue weighted by Gasteiger charge is -2.13. The van der Waals surface area contributed by atoms with Crippen molar-refractivity contribution in [2.24, 2.45) is 11.8 Å². The Morgan fingerprint density at radius 2 is 2.05 bits per heavy atom. The Labute approximate surface area is 119 Å². The standard InChI is InChI=1S/C17H21NO2/c1-10(2)20-15-6-4-5-14-16(15)13(9-18-14)17(19)11(3)12-7-8-12/h4-6,9-12,18H,7-8H2,1-3H3. The summed E-state index contributed by atoms with van der Waals surface area (Å²) in [4.78, 5) is 15.9. The third-order valence-electron chi connectivity index (χ3n) is 4.04. The highest BCUT2D eigenvalue weighted by atomic mass is 16.5. The molecule has 2 aromatic rings. The van der Waals surface area contributed by atoms with E-state index in [9.17, 15) is 4.79 Å². The van der Waals surface area contributed by atoms with Crippen LogP contribution < -0.4 is 4.74 Å². The molecule has 0 spiro atoms. The second kappa shape index (κ2) is 4.97. The fourth-order valence-corrected chi connectivity index (χ4v) is 2.75. The molecule has 1 fully saturated rings. The van der Waals surface area contributed by atoms with E-state index < -0.39 is 0 Å². The number of carbonyl (C=O) groups excluding carboxylic acids is 1. The average Bonchev–Trinajstić information content (AvgIpc) is 3.16. The first-order valence-corrected chi connectivity index (χ1v) is 7.39. The summed E-state index contributed by atoms with van der Waals surface area (Å²) >= 11 is 0. The van der Waals surface area contributed by atoms with Crippen molar-refractivity contribution in [3.8, 4) is 5.75 Å². The number of H-pyrrole nitrogens is 1. The van der Waals surface area contributed by atoms with Crippen LogP contribution in [0.3, 0.4) is 0 Å². The maximum atomic E-state index is 12.7. The zero-order valence-electron chi connectivity index (χ0n) is 12.3. The normalized spacial score (nSPS) is 16.6. The summed E-state index contributed by atoms with van der Waals surface area (Å²) in [5, 5.41) is 0.929. The van der Waals surface area contributed by atoms with Gasteiger partial charge in [-0.05, 0) is 44.7 Å². The van der Waals surface area contributed by atoms with Gasteiger partial charge in [-0.15, -0.1) is 0 Å². The minimum absolute atomic E-state index is 0.0966. The predicted molar refractivity (Wildman–Crippen MR) is 80.3 cm³/mol. The molecule has 1 unspecified atom stereocenters. The second-order valence-electron chi connectivity index (χ2n) is 6.04. The lowest BCUT2D eigenvalue weighted by Crippen LogP contribution is -2.13. The number of fused-ring (bicyclic) bond motifs is 1. The van der Waals surface area contributed by atoms with Crippen LogP contribution in [-0.4, -0.2) is 16.9 Å². The van der Waals surface area contributed by atoms with Crippen LogP contribution in [-0.2, 0) is 0 Å². The quantitative estimate of drug-likeness (QED) is 0.829. The Hall–Kier alpha value is -1.77. The van der Waals surface area contributed by atoms with Gasteiger partial charge in [-0.2, -0.15) is 0 Å². The molecule has 1 aliphatic rings. The molecule has 1 saturated carbocycles. The molecule has 1 N–H and O–H groups in total. The number of nitrogens with one attached hydrogen (secondary N) is 1. The molecule has 1 aromatic carbocycles. The summed E-state index contributed by atoms with van der Waals surface area (Å²) in [7, 11) is 0. The number of Topliss-reactive ketones (excluding diaryl/α,β-unsaturated/α-hetero) is 1. The SMILES string of the molecule is CC(C)Oc1cccc2[nH]cc(C(=O)C(C)C3CC3)c12. The highest BCUT2D eigenvalue weighted by Gasteiger charge is 2.34. The van der Waals surface area contributed by atoms with Crippen LogP contribution in [0.15, 0.2) is 24.4 Å².